The van der Waals surface area contributed by atoms with Gasteiger partial charge in [0.2, 0.25) is 6.29 Å². The van der Waals surface area contributed by atoms with Crippen LogP contribution < -0.4 is 5.32 Å². The van der Waals surface area contributed by atoms with Gasteiger partial charge in [0.05, 0.1) is 27.8 Å². The van der Waals surface area contributed by atoms with Gasteiger partial charge < -0.3 is 14.5 Å². The summed E-state index contributed by atoms with van der Waals surface area (Å²) in [4.78, 5) is 5.67. The van der Waals surface area contributed by atoms with Crippen LogP contribution in [-0.4, -0.2) is 14.8 Å². The largest absolute Gasteiger partial charge is 0.346 e. The smallest absolute Gasteiger partial charge is 0.201 e. The normalized spacial score (nSPS) is 14.5. The molecule has 1 atom stereocenters. The number of anilines is 1. The highest BCUT2D eigenvalue weighted by Crippen LogP contribution is 2.44. The fourth-order valence-corrected chi connectivity index (χ4v) is 10.0. The van der Waals surface area contributed by atoms with E-state index in [4.69, 9.17) is 4.99 Å². The van der Waals surface area contributed by atoms with Crippen LogP contribution in [0.1, 0.15) is 17.4 Å². The zero-order chi connectivity index (χ0) is 34.6. The lowest BCUT2D eigenvalue weighted by molar-refractivity contribution is 0.626. The van der Waals surface area contributed by atoms with Gasteiger partial charge in [0.1, 0.15) is 0 Å². The standard InChI is InChI=1S/C48H30N4S/c1-2-12-30(13-3-1)51-40-19-9-5-14-31(40)33-23-22-29(28-42(33)51)46-37-16-4-8-18-39(37)49-48(50-46)52-41-20-10-6-15-32(41)35-25-24-34-36(47(35)52)26-27-44-45(34)38-17-7-11-21-43(38)53-44/h1-28,48-49H. The van der Waals surface area contributed by atoms with Gasteiger partial charge in [-0.3, -0.25) is 0 Å². The van der Waals surface area contributed by atoms with Crippen molar-refractivity contribution < 1.29 is 0 Å². The van der Waals surface area contributed by atoms with E-state index in [1.807, 2.05) is 11.3 Å². The molecule has 1 unspecified atom stereocenters. The molecule has 0 bridgehead atoms. The first-order valence-corrected chi connectivity index (χ1v) is 18.9. The van der Waals surface area contributed by atoms with Gasteiger partial charge in [-0.25, -0.2) is 4.99 Å². The van der Waals surface area contributed by atoms with Crippen LogP contribution in [0.3, 0.4) is 0 Å². The van der Waals surface area contributed by atoms with Crippen LogP contribution in [0.2, 0.25) is 0 Å². The highest BCUT2D eigenvalue weighted by Gasteiger charge is 2.27. The van der Waals surface area contributed by atoms with Gasteiger partial charge in [-0.2, -0.15) is 0 Å². The number of thiophene rings is 1. The third-order valence-corrected chi connectivity index (χ3v) is 12.3. The van der Waals surface area contributed by atoms with Crippen LogP contribution in [-0.2, 0) is 0 Å². The number of aliphatic imine (C=N–C) groups is 1. The summed E-state index contributed by atoms with van der Waals surface area (Å²) in [7, 11) is 0. The SMILES string of the molecule is c1ccc(-n2c3ccccc3c3ccc(C4=NC(n5c6ccccc6c6ccc7c(ccc8sc9ccccc9c87)c65)Nc5ccccc54)cc32)cc1. The van der Waals surface area contributed by atoms with Gasteiger partial charge in [0.15, 0.2) is 0 Å². The van der Waals surface area contributed by atoms with E-state index in [2.05, 4.69) is 184 Å². The van der Waals surface area contributed by atoms with Gasteiger partial charge in [-0.15, -0.1) is 11.3 Å². The Balaban J connectivity index is 1.14. The quantitative estimate of drug-likeness (QED) is 0.196. The van der Waals surface area contributed by atoms with Crippen molar-refractivity contribution >= 4 is 97.3 Å². The molecule has 0 saturated carbocycles. The van der Waals surface area contributed by atoms with E-state index >= 15 is 0 Å². The second-order valence-corrected chi connectivity index (χ2v) is 15.0. The first-order valence-electron chi connectivity index (χ1n) is 18.1. The number of benzene rings is 8. The fourth-order valence-electron chi connectivity index (χ4n) is 8.88. The van der Waals surface area contributed by atoms with E-state index in [1.165, 1.54) is 69.0 Å². The van der Waals surface area contributed by atoms with Gasteiger partial charge in [0, 0.05) is 69.6 Å². The summed E-state index contributed by atoms with van der Waals surface area (Å²) in [5.41, 5.74) is 10.1. The lowest BCUT2D eigenvalue weighted by Crippen LogP contribution is -2.25. The second-order valence-electron chi connectivity index (χ2n) is 13.9. The molecule has 0 saturated heterocycles. The maximum Gasteiger partial charge on any atom is 0.201 e. The van der Waals surface area contributed by atoms with Gasteiger partial charge >= 0.3 is 0 Å². The molecule has 1 aliphatic heterocycles. The van der Waals surface area contributed by atoms with E-state index < -0.39 is 0 Å². The number of nitrogens with one attached hydrogen (secondary N) is 1. The molecule has 1 N–H and O–H groups in total. The van der Waals surface area contributed by atoms with E-state index in [0.29, 0.717) is 0 Å². The third kappa shape index (κ3) is 4.08. The lowest BCUT2D eigenvalue weighted by atomic mass is 9.98. The topological polar surface area (TPSA) is 34.2 Å². The minimum atomic E-state index is -0.376. The Labute approximate surface area is 308 Å². The number of nitrogens with zero attached hydrogens (tertiary/aromatic N) is 3. The highest BCUT2D eigenvalue weighted by molar-refractivity contribution is 7.26. The molecule has 4 nitrogen and oxygen atoms in total. The lowest BCUT2D eigenvalue weighted by Gasteiger charge is -2.28. The summed E-state index contributed by atoms with van der Waals surface area (Å²) in [6, 6.07) is 61.7. The average Bonchev–Trinajstić information content (AvgIpc) is 3.88. The van der Waals surface area contributed by atoms with Crippen molar-refractivity contribution in [1.82, 2.24) is 9.13 Å². The number of para-hydroxylation sites is 4. The highest BCUT2D eigenvalue weighted by atomic mass is 32.1. The number of aromatic nitrogens is 2. The van der Waals surface area contributed by atoms with Crippen molar-refractivity contribution in [3.05, 3.63) is 181 Å². The Morgan fingerprint density at radius 2 is 1.13 bits per heavy atom. The number of fused-ring (bicyclic) bond motifs is 13. The van der Waals surface area contributed by atoms with Crippen LogP contribution in [0.5, 0.6) is 0 Å². The molecule has 0 radical (unpaired) electrons. The maximum atomic E-state index is 5.67. The molecule has 1 aliphatic rings. The molecule has 0 spiro atoms. The number of hydrogen-bond donors (Lipinski definition) is 1. The van der Waals surface area contributed by atoms with Crippen molar-refractivity contribution in [3.63, 3.8) is 0 Å². The zero-order valence-corrected chi connectivity index (χ0v) is 29.3. The van der Waals surface area contributed by atoms with Crippen LogP contribution in [0.15, 0.2) is 175 Å². The molecule has 4 heterocycles. The first kappa shape index (κ1) is 28.9. The Kier molecular flexibility index (Phi) is 5.96. The van der Waals surface area contributed by atoms with Crippen molar-refractivity contribution in [2.45, 2.75) is 6.29 Å². The maximum absolute atomic E-state index is 5.67. The molecule has 8 aromatic carbocycles. The molecular formula is C48H30N4S. The molecule has 53 heavy (non-hydrogen) atoms. The predicted octanol–water partition coefficient (Wildman–Crippen LogP) is 12.8. The van der Waals surface area contributed by atoms with E-state index in [1.54, 1.807) is 0 Å². The van der Waals surface area contributed by atoms with Crippen molar-refractivity contribution in [3.8, 4) is 5.69 Å². The van der Waals surface area contributed by atoms with E-state index in [0.717, 1.165) is 33.7 Å². The molecule has 0 aliphatic carbocycles. The Hall–Kier alpha value is -6.69. The summed E-state index contributed by atoms with van der Waals surface area (Å²) >= 11 is 1.87. The monoisotopic (exact) mass is 694 g/mol. The average molecular weight is 695 g/mol. The summed E-state index contributed by atoms with van der Waals surface area (Å²) in [6.07, 6.45) is -0.376. The minimum absolute atomic E-state index is 0.376. The van der Waals surface area contributed by atoms with Gasteiger partial charge in [-0.05, 0) is 53.9 Å². The van der Waals surface area contributed by atoms with Crippen LogP contribution in [0.25, 0.3) is 80.2 Å². The summed E-state index contributed by atoms with van der Waals surface area (Å²) in [5.74, 6) is 0. The summed E-state index contributed by atoms with van der Waals surface area (Å²) < 4.78 is 7.45. The summed E-state index contributed by atoms with van der Waals surface area (Å²) in [6.45, 7) is 0. The Bertz CT molecular complexity index is 3330. The number of rotatable bonds is 3. The first-order chi connectivity index (χ1) is 26.3. The molecule has 11 aromatic rings. The van der Waals surface area contributed by atoms with Crippen molar-refractivity contribution in [2.24, 2.45) is 4.99 Å². The van der Waals surface area contributed by atoms with Crippen LogP contribution >= 0.6 is 11.3 Å². The molecule has 0 amide bonds. The summed E-state index contributed by atoms with van der Waals surface area (Å²) in [5, 5.41) is 14.0. The molecular weight excluding hydrogens is 665 g/mol. The molecule has 12 rings (SSSR count). The minimum Gasteiger partial charge on any atom is -0.346 e. The van der Waals surface area contributed by atoms with Crippen LogP contribution in [0, 0.1) is 0 Å². The Morgan fingerprint density at radius 1 is 0.491 bits per heavy atom. The predicted molar refractivity (Wildman–Crippen MR) is 225 cm³/mol. The fraction of sp³-hybridized carbons (Fsp3) is 0.0208. The van der Waals surface area contributed by atoms with E-state index in [-0.39, 0.29) is 6.29 Å². The van der Waals surface area contributed by atoms with Gasteiger partial charge in [-0.1, -0.05) is 121 Å². The molecule has 248 valence electrons. The second kappa shape index (κ2) is 10.9. The third-order valence-electron chi connectivity index (χ3n) is 11.1. The van der Waals surface area contributed by atoms with Crippen LogP contribution in [0.4, 0.5) is 5.69 Å². The molecule has 5 heteroatoms. The number of hydrogen-bond acceptors (Lipinski definition) is 3. The van der Waals surface area contributed by atoms with Gasteiger partial charge in [0.25, 0.3) is 0 Å². The Morgan fingerprint density at radius 3 is 2.02 bits per heavy atom. The van der Waals surface area contributed by atoms with Crippen molar-refractivity contribution in [2.75, 3.05) is 5.32 Å². The molecule has 0 fully saturated rings. The molecule has 3 aromatic heterocycles. The van der Waals surface area contributed by atoms with Crippen molar-refractivity contribution in [1.29, 1.82) is 0 Å². The zero-order valence-electron chi connectivity index (χ0n) is 28.5. The van der Waals surface area contributed by atoms with E-state index in [9.17, 15) is 0 Å².